The van der Waals surface area contributed by atoms with Gasteiger partial charge in [0.05, 0.1) is 10.8 Å². The third-order valence-corrected chi connectivity index (χ3v) is 2.77. The van der Waals surface area contributed by atoms with Crippen LogP contribution in [0.15, 0.2) is 23.1 Å². The number of benzene rings is 1. The Bertz CT molecular complexity index is 288. The molecular weight excluding hydrogens is 215 g/mol. The third kappa shape index (κ3) is 2.70. The molecule has 0 bridgehead atoms. The molecule has 0 aromatic heterocycles. The molecule has 0 heterocycles. The molecule has 12 heavy (non-hydrogen) atoms. The average Bonchev–Trinajstić information content (AvgIpc) is 2.07. The van der Waals surface area contributed by atoms with Crippen LogP contribution in [0.3, 0.4) is 0 Å². The van der Waals surface area contributed by atoms with Gasteiger partial charge in [-0.1, -0.05) is 23.2 Å². The van der Waals surface area contributed by atoms with Gasteiger partial charge in [0.2, 0.25) is 6.29 Å². The summed E-state index contributed by atoms with van der Waals surface area (Å²) >= 11 is 12.9. The first kappa shape index (κ1) is 9.90. The van der Waals surface area contributed by atoms with Gasteiger partial charge in [0, 0.05) is 9.92 Å². The number of hydrogen-bond acceptors (Lipinski definition) is 2. The molecule has 0 spiro atoms. The van der Waals surface area contributed by atoms with E-state index in [1.807, 2.05) is 0 Å². The van der Waals surface area contributed by atoms with Crippen LogP contribution in [0.1, 0.15) is 0 Å². The Morgan fingerprint density at radius 1 is 1.42 bits per heavy atom. The summed E-state index contributed by atoms with van der Waals surface area (Å²) in [6, 6.07) is 5.14. The van der Waals surface area contributed by atoms with Crippen LogP contribution in [0.2, 0.25) is 10.0 Å². The van der Waals surface area contributed by atoms with E-state index in [0.717, 1.165) is 4.90 Å². The molecule has 0 unspecified atom stereocenters. The van der Waals surface area contributed by atoms with Crippen molar-refractivity contribution in [1.82, 2.24) is 0 Å². The summed E-state index contributed by atoms with van der Waals surface area (Å²) in [5, 5.41) is 1.23. The Labute approximate surface area is 85.1 Å². The number of carbonyl (C=O) groups excluding carboxylic acids is 1. The lowest BCUT2D eigenvalue weighted by Gasteiger charge is -2.00. The Kier molecular flexibility index (Phi) is 3.92. The van der Waals surface area contributed by atoms with Crippen molar-refractivity contribution in [2.75, 3.05) is 5.75 Å². The molecule has 63 valence electrons. The Hall–Kier alpha value is -0.180. The number of hydrogen-bond donors (Lipinski definition) is 0. The van der Waals surface area contributed by atoms with E-state index in [4.69, 9.17) is 23.2 Å². The molecule has 1 radical (unpaired) electrons. The largest absolute Gasteiger partial charge is 0.290 e. The molecule has 0 aliphatic carbocycles. The van der Waals surface area contributed by atoms with Crippen LogP contribution in [0.5, 0.6) is 0 Å². The number of rotatable bonds is 3. The van der Waals surface area contributed by atoms with E-state index < -0.39 is 0 Å². The Balaban J connectivity index is 2.82. The maximum Gasteiger partial charge on any atom is 0.209 e. The molecule has 0 saturated carbocycles. The minimum atomic E-state index is 0.278. The Morgan fingerprint density at radius 2 is 2.17 bits per heavy atom. The zero-order valence-corrected chi connectivity index (χ0v) is 8.34. The topological polar surface area (TPSA) is 17.1 Å². The van der Waals surface area contributed by atoms with Gasteiger partial charge >= 0.3 is 0 Å². The highest BCUT2D eigenvalue weighted by molar-refractivity contribution is 8.00. The second-order valence-corrected chi connectivity index (χ2v) is 3.87. The SMILES string of the molecule is O=[C]CSc1cc(Cl)ccc1Cl. The van der Waals surface area contributed by atoms with Gasteiger partial charge in [-0.2, -0.15) is 0 Å². The molecule has 1 aromatic carbocycles. The Morgan fingerprint density at radius 3 is 2.83 bits per heavy atom. The van der Waals surface area contributed by atoms with E-state index in [1.165, 1.54) is 11.8 Å². The monoisotopic (exact) mass is 219 g/mol. The van der Waals surface area contributed by atoms with Gasteiger partial charge in [-0.3, -0.25) is 4.79 Å². The van der Waals surface area contributed by atoms with E-state index in [0.29, 0.717) is 10.0 Å². The summed E-state index contributed by atoms with van der Waals surface area (Å²) in [6.07, 6.45) is 1.77. The maximum absolute atomic E-state index is 9.95. The maximum atomic E-state index is 9.95. The van der Waals surface area contributed by atoms with Gasteiger partial charge in [0.1, 0.15) is 0 Å². The average molecular weight is 220 g/mol. The molecule has 4 heteroatoms. The van der Waals surface area contributed by atoms with Gasteiger partial charge in [-0.05, 0) is 18.2 Å². The van der Waals surface area contributed by atoms with E-state index in [2.05, 4.69) is 0 Å². The van der Waals surface area contributed by atoms with Crippen molar-refractivity contribution in [2.45, 2.75) is 4.90 Å². The fraction of sp³-hybridized carbons (Fsp3) is 0.125. The summed E-state index contributed by atoms with van der Waals surface area (Å²) in [5.41, 5.74) is 0. The van der Waals surface area contributed by atoms with Crippen molar-refractivity contribution >= 4 is 41.2 Å². The fourth-order valence-corrected chi connectivity index (χ4v) is 1.84. The smallest absolute Gasteiger partial charge is 0.209 e. The molecule has 0 saturated heterocycles. The van der Waals surface area contributed by atoms with Gasteiger partial charge < -0.3 is 0 Å². The molecule has 0 aliphatic rings. The van der Waals surface area contributed by atoms with E-state index in [9.17, 15) is 4.79 Å². The van der Waals surface area contributed by atoms with Crippen LogP contribution in [0, 0.1) is 0 Å². The summed E-state index contributed by atoms with van der Waals surface area (Å²) in [7, 11) is 0. The zero-order valence-electron chi connectivity index (χ0n) is 6.01. The van der Waals surface area contributed by atoms with E-state index in [-0.39, 0.29) is 5.75 Å². The zero-order chi connectivity index (χ0) is 8.97. The van der Waals surface area contributed by atoms with Crippen LogP contribution in [0.4, 0.5) is 0 Å². The second kappa shape index (κ2) is 4.75. The third-order valence-electron chi connectivity index (χ3n) is 1.18. The number of halogens is 2. The minimum absolute atomic E-state index is 0.278. The molecule has 1 nitrogen and oxygen atoms in total. The lowest BCUT2D eigenvalue weighted by atomic mass is 10.4. The van der Waals surface area contributed by atoms with Crippen molar-refractivity contribution in [2.24, 2.45) is 0 Å². The molecule has 0 N–H and O–H groups in total. The lowest BCUT2D eigenvalue weighted by molar-refractivity contribution is 0.560. The molecule has 0 amide bonds. The van der Waals surface area contributed by atoms with Gasteiger partial charge in [0.15, 0.2) is 0 Å². The summed E-state index contributed by atoms with van der Waals surface area (Å²) in [4.78, 5) is 10.8. The van der Waals surface area contributed by atoms with Crippen LogP contribution in [-0.2, 0) is 4.79 Å². The molecule has 0 fully saturated rings. The van der Waals surface area contributed by atoms with Crippen LogP contribution >= 0.6 is 35.0 Å². The highest BCUT2D eigenvalue weighted by Gasteiger charge is 2.00. The molecular formula is C8H5Cl2OS. The molecule has 1 rings (SSSR count). The fourth-order valence-electron chi connectivity index (χ4n) is 0.695. The van der Waals surface area contributed by atoms with Crippen LogP contribution in [0.25, 0.3) is 0 Å². The lowest BCUT2D eigenvalue weighted by Crippen LogP contribution is -1.80. The van der Waals surface area contributed by atoms with Gasteiger partial charge in [0.25, 0.3) is 0 Å². The van der Waals surface area contributed by atoms with Crippen LogP contribution in [-0.4, -0.2) is 12.0 Å². The van der Waals surface area contributed by atoms with E-state index in [1.54, 1.807) is 24.5 Å². The quantitative estimate of drug-likeness (QED) is 0.727. The highest BCUT2D eigenvalue weighted by atomic mass is 35.5. The first-order valence-electron chi connectivity index (χ1n) is 3.17. The summed E-state index contributed by atoms with van der Waals surface area (Å²) in [6.45, 7) is 0. The number of thioether (sulfide) groups is 1. The van der Waals surface area contributed by atoms with Crippen molar-refractivity contribution in [3.05, 3.63) is 28.2 Å². The molecule has 1 aromatic rings. The second-order valence-electron chi connectivity index (χ2n) is 2.01. The van der Waals surface area contributed by atoms with Crippen LogP contribution < -0.4 is 0 Å². The first-order chi connectivity index (χ1) is 5.74. The standard InChI is InChI=1S/C8H5Cl2OS/c9-6-1-2-7(10)8(5-6)12-4-3-11/h1-2,5H,4H2. The highest BCUT2D eigenvalue weighted by Crippen LogP contribution is 2.29. The minimum Gasteiger partial charge on any atom is -0.290 e. The predicted octanol–water partition coefficient (Wildman–Crippen LogP) is 3.20. The summed E-state index contributed by atoms with van der Waals surface area (Å²) in [5.74, 6) is 0.278. The molecule has 0 atom stereocenters. The van der Waals surface area contributed by atoms with Gasteiger partial charge in [-0.25, -0.2) is 0 Å². The van der Waals surface area contributed by atoms with Gasteiger partial charge in [-0.15, -0.1) is 11.8 Å². The summed E-state index contributed by atoms with van der Waals surface area (Å²) < 4.78 is 0. The first-order valence-corrected chi connectivity index (χ1v) is 4.91. The predicted molar refractivity (Wildman–Crippen MR) is 52.9 cm³/mol. The van der Waals surface area contributed by atoms with E-state index >= 15 is 0 Å². The molecule has 0 aliphatic heterocycles. The van der Waals surface area contributed by atoms with Crippen molar-refractivity contribution in [3.8, 4) is 0 Å². The van der Waals surface area contributed by atoms with Crippen molar-refractivity contribution in [3.63, 3.8) is 0 Å². The van der Waals surface area contributed by atoms with Crippen molar-refractivity contribution < 1.29 is 4.79 Å². The normalized spacial score (nSPS) is 9.83. The van der Waals surface area contributed by atoms with Crippen molar-refractivity contribution in [1.29, 1.82) is 0 Å².